The summed E-state index contributed by atoms with van der Waals surface area (Å²) in [7, 11) is 0. The van der Waals surface area contributed by atoms with Crippen LogP contribution in [0.2, 0.25) is 5.02 Å². The van der Waals surface area contributed by atoms with Crippen LogP contribution in [0.1, 0.15) is 13.3 Å². The number of rotatable bonds is 7. The van der Waals surface area contributed by atoms with E-state index < -0.39 is 0 Å². The maximum Gasteiger partial charge on any atom is 0.119 e. The molecule has 5 nitrogen and oxygen atoms in total. The lowest BCUT2D eigenvalue weighted by Crippen LogP contribution is -2.08. The third kappa shape index (κ3) is 3.93. The normalized spacial score (nSPS) is 10.9. The minimum atomic E-state index is 0.564. The highest BCUT2D eigenvalue weighted by molar-refractivity contribution is 6.30. The van der Waals surface area contributed by atoms with Gasteiger partial charge >= 0.3 is 0 Å². The molecule has 0 unspecified atom stereocenters. The van der Waals surface area contributed by atoms with Crippen LogP contribution in [0.4, 0.5) is 0 Å². The highest BCUT2D eigenvalue weighted by atomic mass is 35.5. The Labute approximate surface area is 140 Å². The average Bonchev–Trinajstić information content (AvgIpc) is 3.19. The van der Waals surface area contributed by atoms with Crippen LogP contribution in [0.3, 0.4) is 0 Å². The van der Waals surface area contributed by atoms with Crippen molar-refractivity contribution in [3.8, 4) is 17.0 Å². The van der Waals surface area contributed by atoms with Gasteiger partial charge in [0.15, 0.2) is 0 Å². The summed E-state index contributed by atoms with van der Waals surface area (Å²) in [6.07, 6.45) is 8.67. The molecule has 0 atom stereocenters. The van der Waals surface area contributed by atoms with Crippen LogP contribution in [-0.4, -0.2) is 25.9 Å². The monoisotopic (exact) mass is 330 g/mol. The molecule has 0 N–H and O–H groups in total. The molecule has 0 bridgehead atoms. The zero-order valence-electron chi connectivity index (χ0n) is 13.0. The van der Waals surface area contributed by atoms with Crippen molar-refractivity contribution in [2.24, 2.45) is 0 Å². The molecule has 1 aromatic carbocycles. The van der Waals surface area contributed by atoms with Crippen molar-refractivity contribution in [3.63, 3.8) is 0 Å². The summed E-state index contributed by atoms with van der Waals surface area (Å²) in [5.74, 6) is 0.812. The van der Waals surface area contributed by atoms with Gasteiger partial charge in [0, 0.05) is 23.3 Å². The second-order valence-corrected chi connectivity index (χ2v) is 5.70. The third-order valence-electron chi connectivity index (χ3n) is 3.51. The van der Waals surface area contributed by atoms with Gasteiger partial charge in [-0.2, -0.15) is 5.10 Å². The second-order valence-electron chi connectivity index (χ2n) is 5.27. The molecule has 120 valence electrons. The lowest BCUT2D eigenvalue weighted by molar-refractivity contribution is 0.299. The molecular weight excluding hydrogens is 312 g/mol. The first-order chi connectivity index (χ1) is 11.3. The number of imidazole rings is 1. The molecule has 0 spiro atoms. The Balaban J connectivity index is 1.62. The number of ether oxygens (including phenoxy) is 1. The Morgan fingerprint density at radius 1 is 1.13 bits per heavy atom. The standard InChI is InChI=1S/C17H19ClN4O/c1-2-7-22-12-14(10-20-22)17-11-19-13-21(17)8-9-23-16-5-3-15(18)4-6-16/h3-6,10-13H,2,7-9H2,1H3. The van der Waals surface area contributed by atoms with Crippen molar-refractivity contribution >= 4 is 11.6 Å². The van der Waals surface area contributed by atoms with Gasteiger partial charge in [0.25, 0.3) is 0 Å². The predicted molar refractivity (Wildman–Crippen MR) is 90.7 cm³/mol. The maximum atomic E-state index is 5.86. The molecule has 6 heteroatoms. The Morgan fingerprint density at radius 3 is 2.74 bits per heavy atom. The van der Waals surface area contributed by atoms with Crippen LogP contribution in [0, 0.1) is 0 Å². The Hall–Kier alpha value is -2.27. The van der Waals surface area contributed by atoms with E-state index in [4.69, 9.17) is 16.3 Å². The summed E-state index contributed by atoms with van der Waals surface area (Å²) >= 11 is 5.86. The molecule has 0 aliphatic rings. The summed E-state index contributed by atoms with van der Waals surface area (Å²) in [6.45, 7) is 4.35. The predicted octanol–water partition coefficient (Wildman–Crippen LogP) is 3.89. The molecule has 3 rings (SSSR count). The molecule has 0 fully saturated rings. The van der Waals surface area contributed by atoms with Crippen LogP contribution >= 0.6 is 11.6 Å². The Morgan fingerprint density at radius 2 is 1.96 bits per heavy atom. The van der Waals surface area contributed by atoms with Crippen molar-refractivity contribution in [1.82, 2.24) is 19.3 Å². The molecule has 23 heavy (non-hydrogen) atoms. The van der Waals surface area contributed by atoms with E-state index in [2.05, 4.69) is 27.8 Å². The van der Waals surface area contributed by atoms with E-state index in [9.17, 15) is 0 Å². The minimum Gasteiger partial charge on any atom is -0.492 e. The number of aryl methyl sites for hydroxylation is 1. The van der Waals surface area contributed by atoms with Gasteiger partial charge in [0.1, 0.15) is 12.4 Å². The highest BCUT2D eigenvalue weighted by Crippen LogP contribution is 2.19. The van der Waals surface area contributed by atoms with Gasteiger partial charge in [-0.15, -0.1) is 0 Å². The quantitative estimate of drug-likeness (QED) is 0.660. The number of benzene rings is 1. The van der Waals surface area contributed by atoms with Gasteiger partial charge in [-0.05, 0) is 30.7 Å². The van der Waals surface area contributed by atoms with Gasteiger partial charge in [-0.1, -0.05) is 18.5 Å². The van der Waals surface area contributed by atoms with Gasteiger partial charge in [-0.25, -0.2) is 4.98 Å². The molecule has 2 aromatic heterocycles. The number of halogens is 1. The van der Waals surface area contributed by atoms with E-state index in [0.29, 0.717) is 11.6 Å². The fourth-order valence-electron chi connectivity index (χ4n) is 2.38. The average molecular weight is 331 g/mol. The van der Waals surface area contributed by atoms with E-state index in [1.807, 2.05) is 47.7 Å². The topological polar surface area (TPSA) is 44.9 Å². The summed E-state index contributed by atoms with van der Waals surface area (Å²) in [5, 5.41) is 5.08. The van der Waals surface area contributed by atoms with Crippen molar-refractivity contribution < 1.29 is 4.74 Å². The summed E-state index contributed by atoms with van der Waals surface area (Å²) in [4.78, 5) is 4.24. The number of nitrogens with zero attached hydrogens (tertiary/aromatic N) is 4. The van der Waals surface area contributed by atoms with Crippen LogP contribution in [0.5, 0.6) is 5.75 Å². The fraction of sp³-hybridized carbons (Fsp3) is 0.294. The number of aromatic nitrogens is 4. The van der Waals surface area contributed by atoms with Crippen LogP contribution in [0.15, 0.2) is 49.2 Å². The van der Waals surface area contributed by atoms with E-state index in [1.54, 1.807) is 0 Å². The van der Waals surface area contributed by atoms with Crippen molar-refractivity contribution in [1.29, 1.82) is 0 Å². The Bertz CT molecular complexity index is 748. The molecular formula is C17H19ClN4O. The number of hydrogen-bond acceptors (Lipinski definition) is 3. The molecule has 2 heterocycles. The van der Waals surface area contributed by atoms with E-state index >= 15 is 0 Å². The first-order valence-corrected chi connectivity index (χ1v) is 8.05. The zero-order valence-corrected chi connectivity index (χ0v) is 13.8. The van der Waals surface area contributed by atoms with Gasteiger partial charge in [0.05, 0.1) is 31.0 Å². The van der Waals surface area contributed by atoms with Gasteiger partial charge in [-0.3, -0.25) is 4.68 Å². The SMILES string of the molecule is CCCn1cc(-c2cncn2CCOc2ccc(Cl)cc2)cn1. The third-order valence-corrected chi connectivity index (χ3v) is 3.76. The molecule has 3 aromatic rings. The molecule has 0 saturated heterocycles. The Kier molecular flexibility index (Phi) is 4.98. The van der Waals surface area contributed by atoms with E-state index in [-0.39, 0.29) is 0 Å². The smallest absolute Gasteiger partial charge is 0.119 e. The zero-order chi connectivity index (χ0) is 16.1. The number of hydrogen-bond donors (Lipinski definition) is 0. The first kappa shape index (κ1) is 15.6. The largest absolute Gasteiger partial charge is 0.492 e. The van der Waals surface area contributed by atoms with Crippen molar-refractivity contribution in [2.45, 2.75) is 26.4 Å². The lowest BCUT2D eigenvalue weighted by Gasteiger charge is -2.09. The molecule has 0 saturated carbocycles. The van der Waals surface area contributed by atoms with Crippen LogP contribution in [-0.2, 0) is 13.1 Å². The van der Waals surface area contributed by atoms with Crippen molar-refractivity contribution in [2.75, 3.05) is 6.61 Å². The van der Waals surface area contributed by atoms with Crippen LogP contribution in [0.25, 0.3) is 11.3 Å². The fourth-order valence-corrected chi connectivity index (χ4v) is 2.51. The van der Waals surface area contributed by atoms with Crippen LogP contribution < -0.4 is 4.74 Å². The second kappa shape index (κ2) is 7.33. The molecule has 0 radical (unpaired) electrons. The van der Waals surface area contributed by atoms with E-state index in [1.165, 1.54) is 0 Å². The van der Waals surface area contributed by atoms with Gasteiger partial charge in [0.2, 0.25) is 0 Å². The minimum absolute atomic E-state index is 0.564. The summed E-state index contributed by atoms with van der Waals surface area (Å²) in [5.41, 5.74) is 2.12. The molecule has 0 aliphatic heterocycles. The molecule has 0 aliphatic carbocycles. The first-order valence-electron chi connectivity index (χ1n) is 7.67. The summed E-state index contributed by atoms with van der Waals surface area (Å²) < 4.78 is 9.77. The van der Waals surface area contributed by atoms with E-state index in [0.717, 1.165) is 36.5 Å². The maximum absolute atomic E-state index is 5.86. The highest BCUT2D eigenvalue weighted by Gasteiger charge is 2.08. The molecule has 0 amide bonds. The van der Waals surface area contributed by atoms with Crippen molar-refractivity contribution in [3.05, 3.63) is 54.2 Å². The lowest BCUT2D eigenvalue weighted by atomic mass is 10.3. The summed E-state index contributed by atoms with van der Waals surface area (Å²) in [6, 6.07) is 7.38. The van der Waals surface area contributed by atoms with Gasteiger partial charge < -0.3 is 9.30 Å².